The van der Waals surface area contributed by atoms with Crippen LogP contribution in [0.1, 0.15) is 161 Å². The van der Waals surface area contributed by atoms with Crippen LogP contribution in [0.15, 0.2) is 274 Å². The summed E-state index contributed by atoms with van der Waals surface area (Å²) in [6.07, 6.45) is 18.7. The zero-order chi connectivity index (χ0) is 107. The molecule has 10 N–H and O–H groups in total. The molecule has 14 aromatic heterocycles. The number of halogens is 5. The Kier molecular flexibility index (Phi) is 47.3. The van der Waals surface area contributed by atoms with Crippen molar-refractivity contribution < 1.29 is 66.3 Å². The first-order valence-electron chi connectivity index (χ1n) is 47.7. The van der Waals surface area contributed by atoms with Gasteiger partial charge < -0.3 is 79.1 Å². The van der Waals surface area contributed by atoms with E-state index in [1.54, 1.807) is 73.4 Å². The van der Waals surface area contributed by atoms with Gasteiger partial charge in [-0.3, -0.25) is 29.7 Å². The van der Waals surface area contributed by atoms with Crippen LogP contribution in [0, 0.1) is 107 Å². The number of hydrogen-bond acceptors (Lipinski definition) is 26. The van der Waals surface area contributed by atoms with Gasteiger partial charge in [-0.15, -0.1) is 12.4 Å². The SMILES string of the molecule is COC(=O)c1cncc(O)c1.COC(=O)c1cncc(OCc2cc(C)cc(-n3c(C)ccc3C)n2)c1.Cc1cc(CBr)nc(-n2c(C)ccc2C)c1.Cc1cc(COc2cncc(C=O)c2)nc(-n2c(C)ccc2C)c1.Cc1cc(COc2cncc(CNCCc3cccc(F)c3)c2)nc(-n2c(C)ccc2C)c1.Cc1cc(N)nc(COc2cncc(CNCCc3cccc(F)c3)c2)c1.Cl.NCCc1cccc(F)c1.NO. The Morgan fingerprint density at radius 1 is 0.367 bits per heavy atom. The first kappa shape index (κ1) is 118. The van der Waals surface area contributed by atoms with Crippen molar-refractivity contribution in [2.24, 2.45) is 11.6 Å². The van der Waals surface area contributed by atoms with Crippen molar-refractivity contribution in [2.75, 3.05) is 39.6 Å². The van der Waals surface area contributed by atoms with Gasteiger partial charge in [0.25, 0.3) is 0 Å². The van der Waals surface area contributed by atoms with E-state index in [2.05, 4.69) is 232 Å². The van der Waals surface area contributed by atoms with Crippen LogP contribution in [0.3, 0.4) is 0 Å². The molecule has 0 atom stereocenters. The molecule has 0 aliphatic carbocycles. The summed E-state index contributed by atoms with van der Waals surface area (Å²) in [4.78, 5) is 76.4. The molecule has 0 saturated carbocycles. The Balaban J connectivity index is 0.000000199. The fourth-order valence-electron chi connectivity index (χ4n) is 15.6. The number of aromatic nitrogens is 14. The van der Waals surface area contributed by atoms with E-state index in [9.17, 15) is 27.6 Å². The molecule has 150 heavy (non-hydrogen) atoms. The quantitative estimate of drug-likeness (QED) is 0.00677. The van der Waals surface area contributed by atoms with Crippen LogP contribution >= 0.6 is 28.3 Å². The number of benzene rings is 3. The summed E-state index contributed by atoms with van der Waals surface area (Å²) in [5.41, 5.74) is 36.4. The number of nitrogens with zero attached hydrogens (tertiary/aromatic N) is 14. The smallest absolute Gasteiger partial charge is 0.339 e. The number of hydrogen-bond donors (Lipinski definition) is 7. The second kappa shape index (κ2) is 60.4. The number of carbonyl (C=O) groups excluding carboxylic acids is 3. The third-order valence-corrected chi connectivity index (χ3v) is 23.0. The number of aryl methyl sites for hydroxylation is 13. The lowest BCUT2D eigenvalue weighted by Crippen LogP contribution is -2.17. The molecule has 0 unspecified atom stereocenters. The van der Waals surface area contributed by atoms with E-state index in [-0.39, 0.29) is 47.8 Å². The Morgan fingerprint density at radius 3 is 1.01 bits per heavy atom. The van der Waals surface area contributed by atoms with Crippen LogP contribution in [0.4, 0.5) is 19.0 Å². The zero-order valence-electron chi connectivity index (χ0n) is 86.7. The van der Waals surface area contributed by atoms with Crippen molar-refractivity contribution in [3.8, 4) is 52.0 Å². The fraction of sp³-hybridized carbons (Fsp3) is 0.243. The van der Waals surface area contributed by atoms with Crippen LogP contribution in [0.2, 0.25) is 0 Å². The van der Waals surface area contributed by atoms with Gasteiger partial charge in [0.2, 0.25) is 0 Å². The molecule has 0 saturated heterocycles. The number of ether oxygens (including phenoxy) is 6. The largest absolute Gasteiger partial charge is 0.506 e. The van der Waals surface area contributed by atoms with E-state index in [1.165, 1.54) is 86.3 Å². The van der Waals surface area contributed by atoms with Crippen molar-refractivity contribution in [1.29, 1.82) is 0 Å². The van der Waals surface area contributed by atoms with Crippen LogP contribution < -0.4 is 46.9 Å². The van der Waals surface area contributed by atoms with E-state index in [0.29, 0.717) is 79.4 Å². The number of aromatic hydroxyl groups is 1. The van der Waals surface area contributed by atoms with Crippen molar-refractivity contribution in [1.82, 2.24) is 78.7 Å². The molecular formula is C115H128BrClF3N19O11. The lowest BCUT2D eigenvalue weighted by atomic mass is 10.1. The number of nitrogen functional groups attached to an aromatic ring is 1. The van der Waals surface area contributed by atoms with Gasteiger partial charge in [-0.25, -0.2) is 53.6 Å². The molecule has 0 fully saturated rings. The number of alkyl halides is 1. The molecule has 0 spiro atoms. The number of anilines is 1. The Bertz CT molecular complexity index is 7150. The normalized spacial score (nSPS) is 10.4. The van der Waals surface area contributed by atoms with E-state index >= 15 is 0 Å². The second-order valence-electron chi connectivity index (χ2n) is 34.9. The molecule has 0 radical (unpaired) electrons. The Hall–Kier alpha value is -16.0. The van der Waals surface area contributed by atoms with Gasteiger partial charge in [-0.2, -0.15) is 0 Å². The van der Waals surface area contributed by atoms with Gasteiger partial charge in [0.1, 0.15) is 102 Å². The summed E-state index contributed by atoms with van der Waals surface area (Å²) in [6.45, 7) is 31.5. The summed E-state index contributed by atoms with van der Waals surface area (Å²) in [5, 5.41) is 22.9. The topological polar surface area (TPSA) is 398 Å². The number of methoxy groups -OCH3 is 2. The van der Waals surface area contributed by atoms with Gasteiger partial charge in [0.15, 0.2) is 6.29 Å². The number of esters is 2. The number of rotatable bonds is 32. The highest BCUT2D eigenvalue weighted by molar-refractivity contribution is 9.08. The predicted molar refractivity (Wildman–Crippen MR) is 581 cm³/mol. The van der Waals surface area contributed by atoms with Crippen LogP contribution in [-0.4, -0.2) is 131 Å². The highest BCUT2D eigenvalue weighted by atomic mass is 79.9. The third kappa shape index (κ3) is 37.8. The summed E-state index contributed by atoms with van der Waals surface area (Å²) >= 11 is 3.45. The average molecular weight is 2120 g/mol. The molecular weight excluding hydrogens is 2000 g/mol. The minimum Gasteiger partial charge on any atom is -0.506 e. The number of nitrogens with two attached hydrogens (primary N) is 3. The highest BCUT2D eigenvalue weighted by Gasteiger charge is 2.17. The monoisotopic (exact) mass is 2120 g/mol. The summed E-state index contributed by atoms with van der Waals surface area (Å²) in [7, 11) is 2.60. The van der Waals surface area contributed by atoms with Gasteiger partial charge in [-0.05, 0) is 360 Å². The van der Waals surface area contributed by atoms with E-state index in [4.69, 9.17) is 60.4 Å². The second-order valence-corrected chi connectivity index (χ2v) is 35.4. The number of pyridine rings is 10. The van der Waals surface area contributed by atoms with Gasteiger partial charge in [0.05, 0.1) is 84.8 Å². The van der Waals surface area contributed by atoms with Crippen LogP contribution in [0.5, 0.6) is 28.7 Å². The molecule has 784 valence electrons. The number of nitrogens with one attached hydrogen (secondary N) is 2. The first-order valence-corrected chi connectivity index (χ1v) is 48.9. The molecule has 0 aliphatic heterocycles. The third-order valence-electron chi connectivity index (χ3n) is 22.4. The van der Waals surface area contributed by atoms with Gasteiger partial charge >= 0.3 is 11.9 Å². The minimum atomic E-state index is -0.506. The predicted octanol–water partition coefficient (Wildman–Crippen LogP) is 21.2. The summed E-state index contributed by atoms with van der Waals surface area (Å²) in [5.74, 6) is 8.49. The maximum atomic E-state index is 13.3. The van der Waals surface area contributed by atoms with Crippen LogP contribution in [-0.2, 0) is 73.6 Å². The van der Waals surface area contributed by atoms with E-state index in [1.807, 2.05) is 93.7 Å². The van der Waals surface area contributed by atoms with Crippen LogP contribution in [0.25, 0.3) is 23.3 Å². The maximum absolute atomic E-state index is 13.3. The molecule has 0 bridgehead atoms. The molecule has 0 amide bonds. The molecule has 14 heterocycles. The van der Waals surface area contributed by atoms with Crippen molar-refractivity contribution in [3.05, 3.63) is 438 Å². The lowest BCUT2D eigenvalue weighted by molar-refractivity contribution is 0.0591. The lowest BCUT2D eigenvalue weighted by Gasteiger charge is -2.13. The van der Waals surface area contributed by atoms with Crippen molar-refractivity contribution >= 4 is 52.4 Å². The standard InChI is InChI=1S/C27H29FN4O.C21H23FN4O.C20H21N3O3.C19H19N3O2.C13H15BrN2.C8H10FN.C7H7NO3.ClH.H3NO/c1-19-11-25(31-27(12-19)32-20(2)7-8-21(32)3)18-33-26-14-23(16-30-17-26)15-29-10-9-22-5-4-6-24(28)13-22;1-15-7-19(26-21(23)8-15)14-27-20-10-17(12-25-13-20)11-24-6-5-16-3-2-4-18(22)9-16;1-13-7-17(22-19(8-13)23-14(2)5-6-15(23)3)12-26-18-9-16(10-21-11-18)20(24)25-4;1-13-6-17(12-24-18-8-16(11-23)9-20-10-18)21-19(7-13)22-14(2)4-5-15(22)3;1-9-6-12(8-14)15-13(7-9)16-10(2)4-5-11(16)3;9-8-3-1-2-7(6-8)4-5-10;1-11-7(10)5-2-6(9)4-8-3-5;;1-2/h4-8,11-14,16-17,29H,9-10,15,18H2,1-3H3;2-4,7-10,12-13,24H,5-6,11,14H2,1H3,(H2,23,26);5-11H,12H2,1-4H3;4-11H,12H2,1-3H3;4-7H,8H2,1-3H3;1-3,6H,4-5,10H2;2-4,9H,1H3;1H;2H,1H2. The zero-order valence-corrected chi connectivity index (χ0v) is 89.1. The molecule has 17 aromatic rings. The maximum Gasteiger partial charge on any atom is 0.339 e. The molecule has 35 heteroatoms. The summed E-state index contributed by atoms with van der Waals surface area (Å²) in [6, 6.07) is 65.3. The molecule has 0 aliphatic rings. The number of aldehydes is 1. The molecule has 17 rings (SSSR count). The highest BCUT2D eigenvalue weighted by Crippen LogP contribution is 2.27. The van der Waals surface area contributed by atoms with Crippen molar-refractivity contribution in [2.45, 2.75) is 154 Å². The summed E-state index contributed by atoms with van der Waals surface area (Å²) < 4.78 is 79.8. The van der Waals surface area contributed by atoms with Gasteiger partial charge in [-0.1, -0.05) is 52.3 Å². The molecule has 3 aromatic carbocycles. The molecule has 30 nitrogen and oxygen atoms in total. The van der Waals surface area contributed by atoms with E-state index in [0.717, 1.165) is 180 Å². The van der Waals surface area contributed by atoms with Crippen molar-refractivity contribution in [3.63, 3.8) is 0 Å². The van der Waals surface area contributed by atoms with E-state index < -0.39 is 11.9 Å². The fourth-order valence-corrected chi connectivity index (χ4v) is 15.9. The Morgan fingerprint density at radius 2 is 0.673 bits per heavy atom. The average Bonchev–Trinajstić information content (AvgIpc) is 1.67. The van der Waals surface area contributed by atoms with Gasteiger partial charge in [0, 0.05) is 101 Å². The minimum absolute atomic E-state index is 0. The Labute approximate surface area is 887 Å². The first-order chi connectivity index (χ1) is 71.8. The number of carbonyl (C=O) groups is 3.